The van der Waals surface area contributed by atoms with Gasteiger partial charge in [0, 0.05) is 18.6 Å². The van der Waals surface area contributed by atoms with E-state index in [9.17, 15) is 0 Å². The second-order valence-electron chi connectivity index (χ2n) is 7.78. The summed E-state index contributed by atoms with van der Waals surface area (Å²) >= 11 is 0. The highest BCUT2D eigenvalue weighted by atomic mass is 15.2. The summed E-state index contributed by atoms with van der Waals surface area (Å²) in [5.74, 6) is 0.894. The minimum Gasteiger partial charge on any atom is -0.312 e. The van der Waals surface area contributed by atoms with Crippen LogP contribution >= 0.6 is 0 Å². The van der Waals surface area contributed by atoms with Gasteiger partial charge in [-0.2, -0.15) is 0 Å². The summed E-state index contributed by atoms with van der Waals surface area (Å²) in [6, 6.07) is 1.51. The summed E-state index contributed by atoms with van der Waals surface area (Å²) in [4.78, 5) is 2.81. The van der Waals surface area contributed by atoms with Gasteiger partial charge in [-0.1, -0.05) is 27.7 Å². The highest BCUT2D eigenvalue weighted by Gasteiger charge is 2.38. The lowest BCUT2D eigenvalue weighted by Crippen LogP contribution is -2.56. The second-order valence-corrected chi connectivity index (χ2v) is 7.78. The quantitative estimate of drug-likeness (QED) is 0.835. The molecule has 112 valence electrons. The van der Waals surface area contributed by atoms with Crippen LogP contribution in [0.15, 0.2) is 0 Å². The average molecular weight is 266 g/mol. The molecule has 2 heteroatoms. The normalized spacial score (nSPS) is 36.3. The van der Waals surface area contributed by atoms with Crippen LogP contribution in [0.5, 0.6) is 0 Å². The highest BCUT2D eigenvalue weighted by Crippen LogP contribution is 2.38. The highest BCUT2D eigenvalue weighted by molar-refractivity contribution is 4.95. The van der Waals surface area contributed by atoms with Crippen LogP contribution in [0.25, 0.3) is 0 Å². The summed E-state index contributed by atoms with van der Waals surface area (Å²) < 4.78 is 0. The summed E-state index contributed by atoms with van der Waals surface area (Å²) in [5.41, 5.74) is 0.537. The third-order valence-corrected chi connectivity index (χ3v) is 5.17. The largest absolute Gasteiger partial charge is 0.312 e. The summed E-state index contributed by atoms with van der Waals surface area (Å²) in [5, 5.41) is 3.83. The third kappa shape index (κ3) is 4.19. The van der Waals surface area contributed by atoms with Crippen LogP contribution in [-0.4, -0.2) is 36.6 Å². The topological polar surface area (TPSA) is 15.3 Å². The first-order chi connectivity index (χ1) is 9.02. The predicted molar refractivity (Wildman–Crippen MR) is 83.5 cm³/mol. The van der Waals surface area contributed by atoms with Crippen molar-refractivity contribution in [3.05, 3.63) is 0 Å². The summed E-state index contributed by atoms with van der Waals surface area (Å²) in [7, 11) is 0. The molecule has 1 saturated heterocycles. The molecule has 1 N–H and O–H groups in total. The summed E-state index contributed by atoms with van der Waals surface area (Å²) in [6.07, 6.45) is 8.21. The zero-order chi connectivity index (χ0) is 13.9. The fourth-order valence-corrected chi connectivity index (χ4v) is 4.03. The van der Waals surface area contributed by atoms with Crippen molar-refractivity contribution in [2.75, 3.05) is 19.6 Å². The van der Waals surface area contributed by atoms with Gasteiger partial charge in [0.25, 0.3) is 0 Å². The van der Waals surface area contributed by atoms with Gasteiger partial charge in [0.15, 0.2) is 0 Å². The Morgan fingerprint density at radius 2 is 2.05 bits per heavy atom. The minimum atomic E-state index is 0.537. The van der Waals surface area contributed by atoms with Crippen LogP contribution in [0.2, 0.25) is 0 Å². The molecule has 2 rings (SSSR count). The van der Waals surface area contributed by atoms with E-state index >= 15 is 0 Å². The molecule has 0 bridgehead atoms. The number of nitrogens with zero attached hydrogens (tertiary/aromatic N) is 1. The molecule has 2 aliphatic rings. The predicted octanol–water partition coefficient (Wildman–Crippen LogP) is 3.67. The number of hydrogen-bond donors (Lipinski definition) is 1. The average Bonchev–Trinajstić information content (AvgIpc) is 2.36. The molecule has 1 saturated carbocycles. The fraction of sp³-hybridized carbons (Fsp3) is 1.00. The second kappa shape index (κ2) is 6.58. The lowest BCUT2D eigenvalue weighted by Gasteiger charge is -2.48. The number of likely N-dealkylation sites (tertiary alicyclic amines) is 1. The van der Waals surface area contributed by atoms with Gasteiger partial charge in [-0.25, -0.2) is 0 Å². The van der Waals surface area contributed by atoms with Gasteiger partial charge in [-0.3, -0.25) is 4.90 Å². The molecular formula is C17H34N2. The Hall–Kier alpha value is -0.0800. The Morgan fingerprint density at radius 1 is 1.26 bits per heavy atom. The van der Waals surface area contributed by atoms with E-state index in [-0.39, 0.29) is 0 Å². The van der Waals surface area contributed by atoms with Crippen LogP contribution in [0, 0.1) is 11.3 Å². The Kier molecular flexibility index (Phi) is 5.30. The van der Waals surface area contributed by atoms with Gasteiger partial charge >= 0.3 is 0 Å². The molecule has 0 aromatic rings. The Bertz CT molecular complexity index is 274. The van der Waals surface area contributed by atoms with Crippen molar-refractivity contribution in [3.8, 4) is 0 Å². The van der Waals surface area contributed by atoms with E-state index in [1.807, 2.05) is 0 Å². The van der Waals surface area contributed by atoms with Crippen LogP contribution in [-0.2, 0) is 0 Å². The van der Waals surface area contributed by atoms with Crippen molar-refractivity contribution < 1.29 is 0 Å². The van der Waals surface area contributed by atoms with Crippen molar-refractivity contribution in [2.24, 2.45) is 11.3 Å². The zero-order valence-electron chi connectivity index (χ0n) is 13.5. The van der Waals surface area contributed by atoms with E-state index in [2.05, 4.69) is 37.9 Å². The van der Waals surface area contributed by atoms with E-state index in [1.165, 1.54) is 58.2 Å². The molecule has 1 heterocycles. The standard InChI is InChI=1S/C17H34N2/c1-5-10-18-15-8-9-17(3,4)12-16(15)19-11-6-7-14(2)13-19/h14-16,18H,5-13H2,1-4H3. The lowest BCUT2D eigenvalue weighted by molar-refractivity contribution is 0.0390. The Balaban J connectivity index is 2.01. The lowest BCUT2D eigenvalue weighted by atomic mass is 9.72. The number of hydrogen-bond acceptors (Lipinski definition) is 2. The maximum absolute atomic E-state index is 3.83. The smallest absolute Gasteiger partial charge is 0.0254 e. The summed E-state index contributed by atoms with van der Waals surface area (Å²) in [6.45, 7) is 13.5. The molecule has 1 aliphatic carbocycles. The molecule has 0 amide bonds. The molecule has 2 nitrogen and oxygen atoms in total. The first-order valence-electron chi connectivity index (χ1n) is 8.49. The van der Waals surface area contributed by atoms with Crippen molar-refractivity contribution in [1.29, 1.82) is 0 Å². The third-order valence-electron chi connectivity index (χ3n) is 5.17. The van der Waals surface area contributed by atoms with E-state index in [0.29, 0.717) is 5.41 Å². The van der Waals surface area contributed by atoms with Crippen molar-refractivity contribution >= 4 is 0 Å². The Morgan fingerprint density at radius 3 is 2.74 bits per heavy atom. The molecule has 2 fully saturated rings. The molecule has 19 heavy (non-hydrogen) atoms. The molecule has 3 atom stereocenters. The van der Waals surface area contributed by atoms with Gasteiger partial charge in [0.05, 0.1) is 0 Å². The van der Waals surface area contributed by atoms with Gasteiger partial charge in [0.2, 0.25) is 0 Å². The first kappa shape index (κ1) is 15.3. The number of piperidine rings is 1. The van der Waals surface area contributed by atoms with Crippen molar-refractivity contribution in [1.82, 2.24) is 10.2 Å². The van der Waals surface area contributed by atoms with E-state index in [4.69, 9.17) is 0 Å². The monoisotopic (exact) mass is 266 g/mol. The van der Waals surface area contributed by atoms with Gasteiger partial charge in [0.1, 0.15) is 0 Å². The minimum absolute atomic E-state index is 0.537. The van der Waals surface area contributed by atoms with Crippen LogP contribution in [0.1, 0.15) is 66.2 Å². The molecule has 0 radical (unpaired) electrons. The molecule has 0 aromatic carbocycles. The van der Waals surface area contributed by atoms with E-state index in [0.717, 1.165) is 18.0 Å². The number of rotatable bonds is 4. The molecule has 0 aromatic heterocycles. The molecule has 3 unspecified atom stereocenters. The maximum atomic E-state index is 3.83. The fourth-order valence-electron chi connectivity index (χ4n) is 4.03. The van der Waals surface area contributed by atoms with E-state index < -0.39 is 0 Å². The van der Waals surface area contributed by atoms with Gasteiger partial charge in [-0.15, -0.1) is 0 Å². The van der Waals surface area contributed by atoms with Crippen LogP contribution < -0.4 is 5.32 Å². The molecule has 0 spiro atoms. The number of nitrogens with one attached hydrogen (secondary N) is 1. The van der Waals surface area contributed by atoms with Crippen LogP contribution in [0.4, 0.5) is 0 Å². The SMILES string of the molecule is CCCNC1CCC(C)(C)CC1N1CCCC(C)C1. The van der Waals surface area contributed by atoms with Gasteiger partial charge in [-0.05, 0) is 62.9 Å². The zero-order valence-corrected chi connectivity index (χ0v) is 13.5. The van der Waals surface area contributed by atoms with Crippen molar-refractivity contribution in [2.45, 2.75) is 78.3 Å². The Labute approximate surface area is 120 Å². The van der Waals surface area contributed by atoms with Gasteiger partial charge < -0.3 is 5.32 Å². The maximum Gasteiger partial charge on any atom is 0.0254 e. The van der Waals surface area contributed by atoms with E-state index in [1.54, 1.807) is 0 Å². The molecule has 1 aliphatic heterocycles. The van der Waals surface area contributed by atoms with Crippen LogP contribution in [0.3, 0.4) is 0 Å². The molecular weight excluding hydrogens is 232 g/mol. The van der Waals surface area contributed by atoms with Crippen molar-refractivity contribution in [3.63, 3.8) is 0 Å². The first-order valence-corrected chi connectivity index (χ1v) is 8.49.